The van der Waals surface area contributed by atoms with Gasteiger partial charge in [-0.1, -0.05) is 6.07 Å². The average molecular weight is 368 g/mol. The van der Waals surface area contributed by atoms with Gasteiger partial charge in [-0.3, -0.25) is 4.98 Å². The lowest BCUT2D eigenvalue weighted by molar-refractivity contribution is 0.185. The molecular weight excluding hydrogens is 329 g/mol. The van der Waals surface area contributed by atoms with E-state index in [4.69, 9.17) is 4.52 Å². The first-order valence-electron chi connectivity index (χ1n) is 9.65. The van der Waals surface area contributed by atoms with Gasteiger partial charge in [-0.2, -0.15) is 0 Å². The molecule has 0 radical (unpaired) electrons. The van der Waals surface area contributed by atoms with Crippen LogP contribution in [0.4, 0.5) is 0 Å². The number of aryl methyl sites for hydroxylation is 1. The Hall–Kier alpha value is -0.540. The molecule has 4 nitrogen and oxygen atoms in total. The predicted octanol–water partition coefficient (Wildman–Crippen LogP) is 5.50. The van der Waals surface area contributed by atoms with Crippen molar-refractivity contribution < 1.29 is 4.52 Å². The fourth-order valence-electron chi connectivity index (χ4n) is 3.18. The van der Waals surface area contributed by atoms with Crippen LogP contribution in [0.5, 0.6) is 0 Å². The number of hydrogen-bond acceptors (Lipinski definition) is 4. The van der Waals surface area contributed by atoms with Crippen molar-refractivity contribution in [1.29, 1.82) is 0 Å². The van der Waals surface area contributed by atoms with Gasteiger partial charge in [0.05, 0.1) is 6.61 Å². The molecule has 0 saturated carbocycles. The SMILES string of the molecule is CC(C)N(C(C)C)P(OCCCc1ccccn1)N(C(C)C)C(C)C. The second-order valence-corrected chi connectivity index (χ2v) is 9.33. The van der Waals surface area contributed by atoms with E-state index in [0.717, 1.165) is 25.1 Å². The molecule has 0 unspecified atom stereocenters. The Morgan fingerprint density at radius 3 is 1.80 bits per heavy atom. The molecule has 0 spiro atoms. The fourth-order valence-corrected chi connectivity index (χ4v) is 5.56. The highest BCUT2D eigenvalue weighted by molar-refractivity contribution is 7.47. The van der Waals surface area contributed by atoms with Gasteiger partial charge in [-0.05, 0) is 80.4 Å². The standard InChI is InChI=1S/C20H38N3OP/c1-16(2)22(17(3)4)25(23(18(5)6)19(7)8)24-15-11-13-20-12-9-10-14-21-20/h9-10,12,14,16-19H,11,13,15H2,1-8H3. The molecule has 144 valence electrons. The largest absolute Gasteiger partial charge is 0.331 e. The van der Waals surface area contributed by atoms with E-state index in [1.807, 2.05) is 12.3 Å². The van der Waals surface area contributed by atoms with Gasteiger partial charge in [-0.15, -0.1) is 0 Å². The Morgan fingerprint density at radius 2 is 1.40 bits per heavy atom. The number of rotatable bonds is 11. The van der Waals surface area contributed by atoms with Gasteiger partial charge in [-0.25, -0.2) is 9.34 Å². The lowest BCUT2D eigenvalue weighted by Gasteiger charge is -2.45. The van der Waals surface area contributed by atoms with Crippen molar-refractivity contribution in [2.24, 2.45) is 0 Å². The smallest absolute Gasteiger partial charge is 0.188 e. The van der Waals surface area contributed by atoms with Gasteiger partial charge in [0, 0.05) is 36.1 Å². The monoisotopic (exact) mass is 367 g/mol. The van der Waals surface area contributed by atoms with Crippen LogP contribution in [-0.4, -0.2) is 45.1 Å². The first-order valence-corrected chi connectivity index (χ1v) is 10.8. The van der Waals surface area contributed by atoms with Crippen LogP contribution in [0.15, 0.2) is 24.4 Å². The van der Waals surface area contributed by atoms with Gasteiger partial charge in [0.2, 0.25) is 0 Å². The van der Waals surface area contributed by atoms with Crippen LogP contribution in [-0.2, 0) is 10.9 Å². The number of nitrogens with zero attached hydrogens (tertiary/aromatic N) is 3. The highest BCUT2D eigenvalue weighted by Crippen LogP contribution is 2.50. The lowest BCUT2D eigenvalue weighted by atomic mass is 10.2. The van der Waals surface area contributed by atoms with Crippen molar-refractivity contribution in [3.05, 3.63) is 30.1 Å². The van der Waals surface area contributed by atoms with E-state index in [0.29, 0.717) is 24.2 Å². The zero-order valence-electron chi connectivity index (χ0n) is 17.4. The highest BCUT2D eigenvalue weighted by Gasteiger charge is 2.34. The summed E-state index contributed by atoms with van der Waals surface area (Å²) in [5.41, 5.74) is 1.14. The maximum absolute atomic E-state index is 6.52. The molecule has 0 atom stereocenters. The Labute approximate surface area is 156 Å². The molecule has 0 amide bonds. The molecule has 5 heteroatoms. The number of hydrogen-bond donors (Lipinski definition) is 0. The van der Waals surface area contributed by atoms with Crippen LogP contribution in [0.25, 0.3) is 0 Å². The molecule has 0 N–H and O–H groups in total. The maximum atomic E-state index is 6.52. The van der Waals surface area contributed by atoms with Crippen molar-refractivity contribution in [2.75, 3.05) is 6.61 Å². The molecule has 0 fully saturated rings. The fraction of sp³-hybridized carbons (Fsp3) is 0.750. The zero-order chi connectivity index (χ0) is 19.0. The van der Waals surface area contributed by atoms with Crippen molar-refractivity contribution in [2.45, 2.75) is 92.4 Å². The Balaban J connectivity index is 2.79. The average Bonchev–Trinajstić information content (AvgIpc) is 2.50. The van der Waals surface area contributed by atoms with Gasteiger partial charge in [0.1, 0.15) is 0 Å². The summed E-state index contributed by atoms with van der Waals surface area (Å²) in [5.74, 6) is 0. The van der Waals surface area contributed by atoms with Crippen LogP contribution in [0.1, 0.15) is 67.5 Å². The van der Waals surface area contributed by atoms with E-state index in [2.05, 4.69) is 81.8 Å². The maximum Gasteiger partial charge on any atom is 0.188 e. The van der Waals surface area contributed by atoms with Crippen LogP contribution in [0.3, 0.4) is 0 Å². The van der Waals surface area contributed by atoms with E-state index in [-0.39, 0.29) is 0 Å². The summed E-state index contributed by atoms with van der Waals surface area (Å²) in [4.78, 5) is 4.41. The minimum atomic E-state index is -0.780. The minimum absolute atomic E-state index is 0.460. The lowest BCUT2D eigenvalue weighted by Crippen LogP contribution is -2.43. The zero-order valence-corrected chi connectivity index (χ0v) is 18.3. The molecule has 0 aromatic carbocycles. The molecule has 0 saturated heterocycles. The Bertz CT molecular complexity index is 429. The Morgan fingerprint density at radius 1 is 0.880 bits per heavy atom. The molecule has 0 aliphatic heterocycles. The molecule has 1 rings (SSSR count). The Kier molecular flexibility index (Phi) is 10.1. The van der Waals surface area contributed by atoms with Crippen molar-refractivity contribution >= 4 is 8.45 Å². The third-order valence-electron chi connectivity index (χ3n) is 4.02. The summed E-state index contributed by atoms with van der Waals surface area (Å²) >= 11 is 0. The van der Waals surface area contributed by atoms with E-state index < -0.39 is 8.45 Å². The van der Waals surface area contributed by atoms with Crippen LogP contribution < -0.4 is 0 Å². The molecule has 0 aliphatic carbocycles. The summed E-state index contributed by atoms with van der Waals surface area (Å²) in [6.07, 6.45) is 3.84. The van der Waals surface area contributed by atoms with Crippen molar-refractivity contribution in [1.82, 2.24) is 14.3 Å². The summed E-state index contributed by atoms with van der Waals surface area (Å²) < 4.78 is 11.6. The second-order valence-electron chi connectivity index (χ2n) is 7.65. The third kappa shape index (κ3) is 7.30. The normalized spacial score (nSPS) is 12.8. The third-order valence-corrected chi connectivity index (χ3v) is 7.07. The summed E-state index contributed by atoms with van der Waals surface area (Å²) in [6, 6.07) is 7.94. The van der Waals surface area contributed by atoms with Gasteiger partial charge >= 0.3 is 0 Å². The minimum Gasteiger partial charge on any atom is -0.331 e. The molecule has 1 heterocycles. The van der Waals surface area contributed by atoms with Gasteiger partial charge < -0.3 is 4.52 Å². The quantitative estimate of drug-likeness (QED) is 0.382. The van der Waals surface area contributed by atoms with Crippen molar-refractivity contribution in [3.63, 3.8) is 0 Å². The first-order chi connectivity index (χ1) is 11.8. The predicted molar refractivity (Wildman–Crippen MR) is 110 cm³/mol. The van der Waals surface area contributed by atoms with E-state index in [1.54, 1.807) is 0 Å². The molecule has 1 aromatic rings. The molecule has 0 aliphatic rings. The summed E-state index contributed by atoms with van der Waals surface area (Å²) in [6.45, 7) is 18.9. The number of pyridine rings is 1. The summed E-state index contributed by atoms with van der Waals surface area (Å²) in [7, 11) is -0.780. The van der Waals surface area contributed by atoms with Gasteiger partial charge in [0.25, 0.3) is 0 Å². The molecule has 25 heavy (non-hydrogen) atoms. The first kappa shape index (κ1) is 22.5. The summed E-state index contributed by atoms with van der Waals surface area (Å²) in [5, 5.41) is 0. The van der Waals surface area contributed by atoms with Gasteiger partial charge in [0.15, 0.2) is 8.45 Å². The van der Waals surface area contributed by atoms with E-state index in [9.17, 15) is 0 Å². The topological polar surface area (TPSA) is 28.6 Å². The van der Waals surface area contributed by atoms with Crippen LogP contribution in [0, 0.1) is 0 Å². The molecular formula is C20H38N3OP. The van der Waals surface area contributed by atoms with Crippen LogP contribution in [0.2, 0.25) is 0 Å². The highest BCUT2D eigenvalue weighted by atomic mass is 31.2. The van der Waals surface area contributed by atoms with Crippen molar-refractivity contribution in [3.8, 4) is 0 Å². The van der Waals surface area contributed by atoms with E-state index in [1.165, 1.54) is 0 Å². The van der Waals surface area contributed by atoms with Crippen LogP contribution >= 0.6 is 8.45 Å². The van der Waals surface area contributed by atoms with E-state index >= 15 is 0 Å². The molecule has 0 bridgehead atoms. The molecule has 1 aromatic heterocycles. The second kappa shape index (κ2) is 11.2. The number of aromatic nitrogens is 1.